The number of amides is 2. The third-order valence-electron chi connectivity index (χ3n) is 3.76. The van der Waals surface area contributed by atoms with Gasteiger partial charge in [0.25, 0.3) is 0 Å². The number of carboxylic acid groups (broad SMARTS) is 1. The van der Waals surface area contributed by atoms with Gasteiger partial charge in [0, 0.05) is 18.5 Å². The number of hydrogen-bond donors (Lipinski definition) is 2. The van der Waals surface area contributed by atoms with Crippen molar-refractivity contribution in [2.24, 2.45) is 5.92 Å². The Balaban J connectivity index is 1.84. The summed E-state index contributed by atoms with van der Waals surface area (Å²) in [7, 11) is 1.72. The maximum Gasteiger partial charge on any atom is 0.317 e. The number of carboxylic acids is 1. The highest BCUT2D eigenvalue weighted by atomic mass is 32.1. The lowest BCUT2D eigenvalue weighted by Gasteiger charge is -2.29. The molecule has 7 heteroatoms. The number of carbonyl (C=O) groups is 2. The minimum atomic E-state index is -0.764. The first-order valence-corrected chi connectivity index (χ1v) is 7.99. The Kier molecular flexibility index (Phi) is 5.17. The van der Waals surface area contributed by atoms with E-state index in [0.29, 0.717) is 19.4 Å². The maximum atomic E-state index is 12.1. The van der Waals surface area contributed by atoms with Gasteiger partial charge in [0.1, 0.15) is 0 Å². The van der Waals surface area contributed by atoms with Crippen molar-refractivity contribution in [3.8, 4) is 0 Å². The van der Waals surface area contributed by atoms with Gasteiger partial charge < -0.3 is 15.3 Å². The topological polar surface area (TPSA) is 82.5 Å². The average Bonchev–Trinajstić information content (AvgIpc) is 2.84. The number of aliphatic carboxylic acids is 1. The summed E-state index contributed by atoms with van der Waals surface area (Å²) < 4.78 is 0. The molecular weight excluding hydrogens is 290 g/mol. The molecule has 1 aromatic rings. The molecule has 1 aliphatic carbocycles. The van der Waals surface area contributed by atoms with Crippen LogP contribution in [0.5, 0.6) is 0 Å². The normalized spacial score (nSPS) is 21.8. The fraction of sp³-hybridized carbons (Fsp3) is 0.643. The molecule has 1 saturated carbocycles. The molecular formula is C14H21N3O3S. The van der Waals surface area contributed by atoms with E-state index in [0.717, 1.165) is 23.5 Å². The fourth-order valence-electron chi connectivity index (χ4n) is 2.63. The summed E-state index contributed by atoms with van der Waals surface area (Å²) in [5, 5.41) is 14.9. The minimum Gasteiger partial charge on any atom is -0.481 e. The van der Waals surface area contributed by atoms with Crippen LogP contribution < -0.4 is 5.32 Å². The summed E-state index contributed by atoms with van der Waals surface area (Å²) in [5.74, 6) is -1.10. The van der Waals surface area contributed by atoms with E-state index in [1.165, 1.54) is 0 Å². The van der Waals surface area contributed by atoms with Crippen LogP contribution in [0.25, 0.3) is 0 Å². The zero-order chi connectivity index (χ0) is 15.4. The van der Waals surface area contributed by atoms with Crippen LogP contribution in [0.1, 0.15) is 36.4 Å². The lowest BCUT2D eigenvalue weighted by atomic mass is 9.86. The van der Waals surface area contributed by atoms with Gasteiger partial charge in [-0.15, -0.1) is 11.3 Å². The van der Waals surface area contributed by atoms with Crippen molar-refractivity contribution >= 4 is 23.3 Å². The molecule has 0 bridgehead atoms. The first kappa shape index (κ1) is 15.8. The van der Waals surface area contributed by atoms with Crippen molar-refractivity contribution in [1.29, 1.82) is 0 Å². The summed E-state index contributed by atoms with van der Waals surface area (Å²) in [5.41, 5.74) is 0.877. The van der Waals surface area contributed by atoms with Crippen molar-refractivity contribution in [1.82, 2.24) is 15.2 Å². The van der Waals surface area contributed by atoms with E-state index in [1.54, 1.807) is 23.3 Å². The standard InChI is InChI=1S/C14H21N3O3S/c1-9-15-12(8-21-9)7-17(2)14(20)16-11-5-3-4-10(6-11)13(18)19/h8,10-11H,3-7H2,1-2H3,(H,16,20)(H,18,19). The highest BCUT2D eigenvalue weighted by Gasteiger charge is 2.28. The fourth-order valence-corrected chi connectivity index (χ4v) is 3.23. The molecule has 0 spiro atoms. The summed E-state index contributed by atoms with van der Waals surface area (Å²) in [6.45, 7) is 2.40. The second kappa shape index (κ2) is 6.89. The summed E-state index contributed by atoms with van der Waals surface area (Å²) in [6, 6.07) is -0.219. The highest BCUT2D eigenvalue weighted by molar-refractivity contribution is 7.09. The molecule has 1 aromatic heterocycles. The van der Waals surface area contributed by atoms with E-state index in [-0.39, 0.29) is 18.0 Å². The zero-order valence-corrected chi connectivity index (χ0v) is 13.2. The summed E-state index contributed by atoms with van der Waals surface area (Å²) in [6.07, 6.45) is 2.91. The van der Waals surface area contributed by atoms with Crippen molar-refractivity contribution in [3.63, 3.8) is 0 Å². The van der Waals surface area contributed by atoms with Gasteiger partial charge in [-0.25, -0.2) is 9.78 Å². The molecule has 2 amide bonds. The van der Waals surface area contributed by atoms with Crippen LogP contribution in [-0.2, 0) is 11.3 Å². The van der Waals surface area contributed by atoms with Crippen LogP contribution in [0.3, 0.4) is 0 Å². The molecule has 1 heterocycles. The molecule has 2 rings (SSSR count). The number of carbonyl (C=O) groups excluding carboxylic acids is 1. The van der Waals surface area contributed by atoms with Gasteiger partial charge in [0.05, 0.1) is 23.2 Å². The Morgan fingerprint density at radius 2 is 2.29 bits per heavy atom. The first-order chi connectivity index (χ1) is 9.95. The molecule has 0 saturated heterocycles. The molecule has 0 aliphatic heterocycles. The van der Waals surface area contributed by atoms with Crippen molar-refractivity contribution in [2.75, 3.05) is 7.05 Å². The number of aryl methyl sites for hydroxylation is 1. The molecule has 2 unspecified atom stereocenters. The second-order valence-electron chi connectivity index (χ2n) is 5.56. The number of hydrogen-bond acceptors (Lipinski definition) is 4. The lowest BCUT2D eigenvalue weighted by Crippen LogP contribution is -2.45. The first-order valence-electron chi connectivity index (χ1n) is 7.11. The molecule has 2 N–H and O–H groups in total. The van der Waals surface area contributed by atoms with Gasteiger partial charge in [-0.3, -0.25) is 4.79 Å². The van der Waals surface area contributed by atoms with E-state index in [4.69, 9.17) is 5.11 Å². The van der Waals surface area contributed by atoms with Crippen molar-refractivity contribution < 1.29 is 14.7 Å². The van der Waals surface area contributed by atoms with Gasteiger partial charge in [-0.1, -0.05) is 6.42 Å². The highest BCUT2D eigenvalue weighted by Crippen LogP contribution is 2.24. The van der Waals surface area contributed by atoms with E-state index in [2.05, 4.69) is 10.3 Å². The van der Waals surface area contributed by atoms with Crippen LogP contribution >= 0.6 is 11.3 Å². The Labute approximate surface area is 128 Å². The lowest BCUT2D eigenvalue weighted by molar-refractivity contribution is -0.143. The number of nitrogens with zero attached hydrogens (tertiary/aromatic N) is 2. The SMILES string of the molecule is Cc1nc(CN(C)C(=O)NC2CCCC(C(=O)O)C2)cs1. The minimum absolute atomic E-state index is 0.0491. The van der Waals surface area contributed by atoms with Crippen LogP contribution in [0, 0.1) is 12.8 Å². The van der Waals surface area contributed by atoms with Crippen LogP contribution in [0.4, 0.5) is 4.79 Å². The van der Waals surface area contributed by atoms with E-state index in [1.807, 2.05) is 12.3 Å². The second-order valence-corrected chi connectivity index (χ2v) is 6.62. The number of rotatable bonds is 4. The predicted octanol–water partition coefficient (Wildman–Crippen LogP) is 2.24. The van der Waals surface area contributed by atoms with Crippen LogP contribution in [0.2, 0.25) is 0 Å². The zero-order valence-electron chi connectivity index (χ0n) is 12.3. The maximum absolute atomic E-state index is 12.1. The van der Waals surface area contributed by atoms with Gasteiger partial charge in [-0.2, -0.15) is 0 Å². The molecule has 2 atom stereocenters. The molecule has 116 valence electrons. The number of urea groups is 1. The molecule has 0 radical (unpaired) electrons. The van der Waals surface area contributed by atoms with Crippen molar-refractivity contribution in [2.45, 2.75) is 45.2 Å². The predicted molar refractivity (Wildman–Crippen MR) is 80.2 cm³/mol. The van der Waals surface area contributed by atoms with Gasteiger partial charge in [-0.05, 0) is 26.2 Å². The molecule has 0 aromatic carbocycles. The largest absolute Gasteiger partial charge is 0.481 e. The Morgan fingerprint density at radius 3 is 2.90 bits per heavy atom. The average molecular weight is 311 g/mol. The monoisotopic (exact) mass is 311 g/mol. The van der Waals surface area contributed by atoms with Gasteiger partial charge in [0.15, 0.2) is 0 Å². The van der Waals surface area contributed by atoms with E-state index < -0.39 is 5.97 Å². The number of aromatic nitrogens is 1. The number of thiazole rings is 1. The van der Waals surface area contributed by atoms with Gasteiger partial charge in [0.2, 0.25) is 0 Å². The molecule has 21 heavy (non-hydrogen) atoms. The smallest absolute Gasteiger partial charge is 0.317 e. The molecule has 6 nitrogen and oxygen atoms in total. The van der Waals surface area contributed by atoms with Crippen molar-refractivity contribution in [3.05, 3.63) is 16.1 Å². The third kappa shape index (κ3) is 4.42. The molecule has 1 fully saturated rings. The van der Waals surface area contributed by atoms with Gasteiger partial charge >= 0.3 is 12.0 Å². The Bertz CT molecular complexity index is 517. The van der Waals surface area contributed by atoms with Crippen LogP contribution in [0.15, 0.2) is 5.38 Å². The quantitative estimate of drug-likeness (QED) is 0.893. The number of nitrogens with one attached hydrogen (secondary N) is 1. The summed E-state index contributed by atoms with van der Waals surface area (Å²) in [4.78, 5) is 29.1. The van der Waals surface area contributed by atoms with E-state index in [9.17, 15) is 9.59 Å². The summed E-state index contributed by atoms with van der Waals surface area (Å²) >= 11 is 1.56. The Morgan fingerprint density at radius 1 is 1.52 bits per heavy atom. The third-order valence-corrected chi connectivity index (χ3v) is 4.59. The van der Waals surface area contributed by atoms with Crippen LogP contribution in [-0.4, -0.2) is 40.1 Å². The molecule has 1 aliphatic rings. The Hall–Kier alpha value is -1.63. The van der Waals surface area contributed by atoms with E-state index >= 15 is 0 Å².